The number of nitrogens with one attached hydrogen (secondary N) is 1. The van der Waals surface area contributed by atoms with Crippen LogP contribution in [0.1, 0.15) is 16.9 Å². The molecular formula is C17H16BrNO4S2. The van der Waals surface area contributed by atoms with E-state index in [0.717, 1.165) is 20.7 Å². The Kier molecular flexibility index (Phi) is 6.08. The molecule has 1 aromatic carbocycles. The molecule has 0 atom stereocenters. The van der Waals surface area contributed by atoms with Crippen molar-refractivity contribution in [3.05, 3.63) is 75.5 Å². The number of benzene rings is 1. The number of halogens is 1. The zero-order valence-corrected chi connectivity index (χ0v) is 16.4. The molecule has 0 bridgehead atoms. The lowest BCUT2D eigenvalue weighted by Gasteiger charge is -2.07. The van der Waals surface area contributed by atoms with Crippen LogP contribution < -0.4 is 4.72 Å². The molecule has 8 heteroatoms. The molecule has 0 saturated carbocycles. The molecule has 0 radical (unpaired) electrons. The molecule has 0 spiro atoms. The standard InChI is InChI=1S/C17H16BrNO4S2/c18-16-6-7-17(24-16)25(20,21)19-10-13-3-1-4-14(9-13)11-22-12-15-5-2-8-23-15/h1-9,19H,10-12H2. The van der Waals surface area contributed by atoms with Crippen molar-refractivity contribution in [3.63, 3.8) is 0 Å². The van der Waals surface area contributed by atoms with Crippen molar-refractivity contribution >= 4 is 37.3 Å². The Labute approximate surface area is 158 Å². The quantitative estimate of drug-likeness (QED) is 0.565. The minimum absolute atomic E-state index is 0.226. The van der Waals surface area contributed by atoms with Crippen LogP contribution in [0.3, 0.4) is 0 Å². The highest BCUT2D eigenvalue weighted by Gasteiger charge is 2.16. The van der Waals surface area contributed by atoms with E-state index >= 15 is 0 Å². The largest absolute Gasteiger partial charge is 0.467 e. The highest BCUT2D eigenvalue weighted by atomic mass is 79.9. The first kappa shape index (κ1) is 18.3. The summed E-state index contributed by atoms with van der Waals surface area (Å²) < 4.78 is 39.0. The molecule has 0 unspecified atom stereocenters. The maximum atomic E-state index is 12.3. The third-order valence-corrected chi connectivity index (χ3v) is 6.88. The molecule has 1 N–H and O–H groups in total. The number of furan rings is 1. The Morgan fingerprint density at radius 1 is 1.08 bits per heavy atom. The van der Waals surface area contributed by atoms with Crippen LogP contribution in [0.4, 0.5) is 0 Å². The number of sulfonamides is 1. The van der Waals surface area contributed by atoms with Gasteiger partial charge < -0.3 is 9.15 Å². The molecule has 2 heterocycles. The van der Waals surface area contributed by atoms with Crippen LogP contribution >= 0.6 is 27.3 Å². The number of hydrogen-bond donors (Lipinski definition) is 1. The Morgan fingerprint density at radius 2 is 1.92 bits per heavy atom. The topological polar surface area (TPSA) is 68.5 Å². The van der Waals surface area contributed by atoms with Gasteiger partial charge in [0.1, 0.15) is 16.6 Å². The van der Waals surface area contributed by atoms with Gasteiger partial charge in [-0.05, 0) is 51.3 Å². The van der Waals surface area contributed by atoms with E-state index in [1.807, 2.05) is 36.4 Å². The number of rotatable bonds is 8. The van der Waals surface area contributed by atoms with Gasteiger partial charge in [0.15, 0.2) is 0 Å². The molecule has 25 heavy (non-hydrogen) atoms. The molecule has 5 nitrogen and oxygen atoms in total. The van der Waals surface area contributed by atoms with Crippen LogP contribution in [0.5, 0.6) is 0 Å². The van der Waals surface area contributed by atoms with Crippen molar-refractivity contribution in [1.82, 2.24) is 4.72 Å². The molecular weight excluding hydrogens is 426 g/mol. The van der Waals surface area contributed by atoms with E-state index in [9.17, 15) is 8.42 Å². The molecule has 0 aliphatic carbocycles. The summed E-state index contributed by atoms with van der Waals surface area (Å²) in [6, 6.07) is 14.6. The van der Waals surface area contributed by atoms with E-state index < -0.39 is 10.0 Å². The highest BCUT2D eigenvalue weighted by molar-refractivity contribution is 9.11. The molecule has 132 valence electrons. The summed E-state index contributed by atoms with van der Waals surface area (Å²) in [5, 5.41) is 0. The summed E-state index contributed by atoms with van der Waals surface area (Å²) >= 11 is 4.45. The number of hydrogen-bond acceptors (Lipinski definition) is 5. The summed E-state index contributed by atoms with van der Waals surface area (Å²) in [5.41, 5.74) is 1.85. The zero-order valence-electron chi connectivity index (χ0n) is 13.1. The van der Waals surface area contributed by atoms with Gasteiger partial charge in [0.05, 0.1) is 16.7 Å². The van der Waals surface area contributed by atoms with E-state index in [1.165, 1.54) is 11.3 Å². The Bertz CT molecular complexity index is 920. The van der Waals surface area contributed by atoms with E-state index in [1.54, 1.807) is 18.4 Å². The average molecular weight is 442 g/mol. The van der Waals surface area contributed by atoms with Crippen LogP contribution in [-0.2, 0) is 34.5 Å². The molecule has 3 aromatic rings. The summed E-state index contributed by atoms with van der Waals surface area (Å²) in [5.74, 6) is 0.769. The van der Waals surface area contributed by atoms with Crippen molar-refractivity contribution in [2.75, 3.05) is 0 Å². The molecule has 0 aliphatic rings. The molecule has 0 fully saturated rings. The highest BCUT2D eigenvalue weighted by Crippen LogP contribution is 2.25. The second-order valence-electron chi connectivity index (χ2n) is 5.28. The van der Waals surface area contributed by atoms with Crippen LogP contribution in [0, 0.1) is 0 Å². The third kappa shape index (κ3) is 5.26. The van der Waals surface area contributed by atoms with Crippen molar-refractivity contribution < 1.29 is 17.6 Å². The fourth-order valence-electron chi connectivity index (χ4n) is 2.19. The van der Waals surface area contributed by atoms with Gasteiger partial charge in [0, 0.05) is 6.54 Å². The molecule has 0 amide bonds. The van der Waals surface area contributed by atoms with Gasteiger partial charge >= 0.3 is 0 Å². The predicted octanol–water partition coefficient (Wildman–Crippen LogP) is 4.30. The summed E-state index contributed by atoms with van der Waals surface area (Å²) in [6.07, 6.45) is 1.61. The van der Waals surface area contributed by atoms with Gasteiger partial charge in [-0.2, -0.15) is 0 Å². The van der Waals surface area contributed by atoms with Gasteiger partial charge in [0.2, 0.25) is 10.0 Å². The predicted molar refractivity (Wildman–Crippen MR) is 99.7 cm³/mol. The first-order valence-electron chi connectivity index (χ1n) is 7.46. The Hall–Kier alpha value is -1.45. The fraction of sp³-hybridized carbons (Fsp3) is 0.176. The molecule has 0 saturated heterocycles. The number of ether oxygens (including phenoxy) is 1. The van der Waals surface area contributed by atoms with Crippen LogP contribution in [-0.4, -0.2) is 8.42 Å². The zero-order chi connectivity index (χ0) is 17.7. The molecule has 3 rings (SSSR count). The molecule has 2 aromatic heterocycles. The van der Waals surface area contributed by atoms with Crippen LogP contribution in [0.15, 0.2) is 67.2 Å². The lowest BCUT2D eigenvalue weighted by molar-refractivity contribution is 0.0929. The van der Waals surface area contributed by atoms with Gasteiger partial charge in [-0.1, -0.05) is 24.3 Å². The first-order valence-corrected chi connectivity index (χ1v) is 10.6. The van der Waals surface area contributed by atoms with Gasteiger partial charge in [-0.25, -0.2) is 13.1 Å². The lowest BCUT2D eigenvalue weighted by atomic mass is 10.1. The van der Waals surface area contributed by atoms with E-state index in [2.05, 4.69) is 20.7 Å². The maximum absolute atomic E-state index is 12.3. The average Bonchev–Trinajstić information content (AvgIpc) is 3.25. The van der Waals surface area contributed by atoms with Crippen molar-refractivity contribution in [2.45, 2.75) is 24.0 Å². The van der Waals surface area contributed by atoms with Gasteiger partial charge in [0.25, 0.3) is 0 Å². The van der Waals surface area contributed by atoms with Crippen molar-refractivity contribution in [1.29, 1.82) is 0 Å². The first-order chi connectivity index (χ1) is 12.0. The van der Waals surface area contributed by atoms with Gasteiger partial charge in [-0.3, -0.25) is 0 Å². The smallest absolute Gasteiger partial charge is 0.250 e. The Morgan fingerprint density at radius 3 is 2.64 bits per heavy atom. The summed E-state index contributed by atoms with van der Waals surface area (Å²) in [6.45, 7) is 1.06. The van der Waals surface area contributed by atoms with E-state index in [4.69, 9.17) is 9.15 Å². The normalized spacial score (nSPS) is 11.7. The van der Waals surface area contributed by atoms with Gasteiger partial charge in [-0.15, -0.1) is 11.3 Å². The monoisotopic (exact) mass is 441 g/mol. The maximum Gasteiger partial charge on any atom is 0.250 e. The number of thiophene rings is 1. The minimum Gasteiger partial charge on any atom is -0.467 e. The van der Waals surface area contributed by atoms with Crippen molar-refractivity contribution in [2.24, 2.45) is 0 Å². The SMILES string of the molecule is O=S(=O)(NCc1cccc(COCc2ccco2)c1)c1ccc(Br)s1. The van der Waals surface area contributed by atoms with Crippen LogP contribution in [0.25, 0.3) is 0 Å². The van der Waals surface area contributed by atoms with Crippen LogP contribution in [0.2, 0.25) is 0 Å². The fourth-order valence-corrected chi connectivity index (χ4v) is 5.26. The molecule has 0 aliphatic heterocycles. The van der Waals surface area contributed by atoms with E-state index in [0.29, 0.717) is 13.2 Å². The van der Waals surface area contributed by atoms with E-state index in [-0.39, 0.29) is 10.8 Å². The third-order valence-electron chi connectivity index (χ3n) is 3.36. The summed E-state index contributed by atoms with van der Waals surface area (Å²) in [7, 11) is -3.50. The summed E-state index contributed by atoms with van der Waals surface area (Å²) in [4.78, 5) is 0. The minimum atomic E-state index is -3.50. The Balaban J connectivity index is 1.56. The lowest BCUT2D eigenvalue weighted by Crippen LogP contribution is -2.22. The van der Waals surface area contributed by atoms with Crippen molar-refractivity contribution in [3.8, 4) is 0 Å². The second kappa shape index (κ2) is 8.29. The second-order valence-corrected chi connectivity index (χ2v) is 9.73.